The van der Waals surface area contributed by atoms with E-state index >= 15 is 0 Å². The van der Waals surface area contributed by atoms with Gasteiger partial charge in [-0.2, -0.15) is 0 Å². The standard InChI is InChI=1S/C18H37NO2/c1-5-6-7-8-9-10-11-12-13-14-15-21-18(20)17(19-4)16(2)3/h16-17,19H,5-15H2,1-4H3. The van der Waals surface area contributed by atoms with Crippen molar-refractivity contribution in [3.63, 3.8) is 0 Å². The lowest BCUT2D eigenvalue weighted by atomic mass is 10.1. The first-order chi connectivity index (χ1) is 10.1. The van der Waals surface area contributed by atoms with Crippen molar-refractivity contribution < 1.29 is 9.53 Å². The van der Waals surface area contributed by atoms with Gasteiger partial charge in [0.05, 0.1) is 6.61 Å². The summed E-state index contributed by atoms with van der Waals surface area (Å²) in [6, 6.07) is -0.173. The van der Waals surface area contributed by atoms with Gasteiger partial charge in [-0.1, -0.05) is 78.6 Å². The molecule has 0 aliphatic carbocycles. The Bertz CT molecular complexity index is 241. The minimum Gasteiger partial charge on any atom is -0.465 e. The first-order valence-electron chi connectivity index (χ1n) is 8.97. The summed E-state index contributed by atoms with van der Waals surface area (Å²) in [6.45, 7) is 6.89. The van der Waals surface area contributed by atoms with Gasteiger partial charge in [0.2, 0.25) is 0 Å². The minimum atomic E-state index is -0.173. The van der Waals surface area contributed by atoms with Crippen LogP contribution in [-0.4, -0.2) is 25.7 Å². The Morgan fingerprint density at radius 1 is 0.905 bits per heavy atom. The van der Waals surface area contributed by atoms with Gasteiger partial charge >= 0.3 is 5.97 Å². The smallest absolute Gasteiger partial charge is 0.323 e. The summed E-state index contributed by atoms with van der Waals surface area (Å²) >= 11 is 0. The molecule has 1 N–H and O–H groups in total. The topological polar surface area (TPSA) is 38.3 Å². The molecule has 0 aromatic carbocycles. The predicted molar refractivity (Wildman–Crippen MR) is 90.5 cm³/mol. The molecule has 0 radical (unpaired) electrons. The van der Waals surface area contributed by atoms with Crippen molar-refractivity contribution in [2.75, 3.05) is 13.7 Å². The number of hydrogen-bond acceptors (Lipinski definition) is 3. The van der Waals surface area contributed by atoms with Crippen molar-refractivity contribution in [1.29, 1.82) is 0 Å². The van der Waals surface area contributed by atoms with Gasteiger partial charge in [-0.05, 0) is 19.4 Å². The molecule has 0 bridgehead atoms. The average molecular weight is 299 g/mol. The predicted octanol–water partition coefficient (Wildman–Crippen LogP) is 4.69. The van der Waals surface area contributed by atoms with Gasteiger partial charge in [0, 0.05) is 0 Å². The van der Waals surface area contributed by atoms with E-state index in [4.69, 9.17) is 4.74 Å². The molecule has 0 aliphatic heterocycles. The van der Waals surface area contributed by atoms with Crippen LogP contribution in [0.5, 0.6) is 0 Å². The Balaban J connectivity index is 3.34. The summed E-state index contributed by atoms with van der Waals surface area (Å²) in [5.74, 6) is 0.165. The molecule has 0 aromatic heterocycles. The van der Waals surface area contributed by atoms with Gasteiger partial charge in [-0.25, -0.2) is 0 Å². The first-order valence-corrected chi connectivity index (χ1v) is 8.97. The second kappa shape index (κ2) is 14.4. The molecule has 126 valence electrons. The van der Waals surface area contributed by atoms with Crippen molar-refractivity contribution >= 4 is 5.97 Å². The Morgan fingerprint density at radius 3 is 1.81 bits per heavy atom. The average Bonchev–Trinajstić information content (AvgIpc) is 2.45. The normalized spacial score (nSPS) is 12.6. The summed E-state index contributed by atoms with van der Waals surface area (Å²) in [5.41, 5.74) is 0. The van der Waals surface area contributed by atoms with Crippen LogP contribution in [0.3, 0.4) is 0 Å². The molecule has 0 rings (SSSR count). The van der Waals surface area contributed by atoms with Crippen molar-refractivity contribution in [1.82, 2.24) is 5.32 Å². The number of carbonyl (C=O) groups is 1. The molecule has 3 nitrogen and oxygen atoms in total. The SMILES string of the molecule is CCCCCCCCCCCCOC(=O)C(NC)C(C)C. The molecule has 0 amide bonds. The van der Waals surface area contributed by atoms with Gasteiger partial charge in [-0.3, -0.25) is 4.79 Å². The zero-order valence-corrected chi connectivity index (χ0v) is 14.7. The minimum absolute atomic E-state index is 0.108. The maximum atomic E-state index is 11.8. The summed E-state index contributed by atoms with van der Waals surface area (Å²) < 4.78 is 5.33. The van der Waals surface area contributed by atoms with Crippen LogP contribution in [0.25, 0.3) is 0 Å². The molecule has 1 unspecified atom stereocenters. The maximum Gasteiger partial charge on any atom is 0.323 e. The molecule has 0 saturated carbocycles. The monoisotopic (exact) mass is 299 g/mol. The van der Waals surface area contributed by atoms with Crippen LogP contribution in [0.15, 0.2) is 0 Å². The third kappa shape index (κ3) is 11.7. The van der Waals surface area contributed by atoms with Crippen molar-refractivity contribution in [2.45, 2.75) is 91.0 Å². The highest BCUT2D eigenvalue weighted by Crippen LogP contribution is 2.11. The molecular formula is C18H37NO2. The number of esters is 1. The van der Waals surface area contributed by atoms with Crippen LogP contribution in [0.1, 0.15) is 85.0 Å². The molecule has 3 heteroatoms. The summed E-state index contributed by atoms with van der Waals surface area (Å²) in [6.07, 6.45) is 13.0. The lowest BCUT2D eigenvalue weighted by molar-refractivity contribution is -0.147. The molecule has 21 heavy (non-hydrogen) atoms. The lowest BCUT2D eigenvalue weighted by Crippen LogP contribution is -2.40. The Kier molecular flexibility index (Phi) is 14.0. The number of likely N-dealkylation sites (N-methyl/N-ethyl adjacent to an activating group) is 1. The number of ether oxygens (including phenoxy) is 1. The lowest BCUT2D eigenvalue weighted by Gasteiger charge is -2.18. The van der Waals surface area contributed by atoms with E-state index in [1.54, 1.807) is 0 Å². The third-order valence-electron chi connectivity index (χ3n) is 3.97. The summed E-state index contributed by atoms with van der Waals surface area (Å²) in [7, 11) is 1.81. The van der Waals surface area contributed by atoms with E-state index in [0.717, 1.165) is 6.42 Å². The van der Waals surface area contributed by atoms with Gasteiger partial charge in [0.1, 0.15) is 6.04 Å². The van der Waals surface area contributed by atoms with Crippen LogP contribution < -0.4 is 5.32 Å². The van der Waals surface area contributed by atoms with Crippen LogP contribution in [0, 0.1) is 5.92 Å². The zero-order valence-electron chi connectivity index (χ0n) is 14.7. The largest absolute Gasteiger partial charge is 0.465 e. The fourth-order valence-corrected chi connectivity index (χ4v) is 2.58. The summed E-state index contributed by atoms with van der Waals surface area (Å²) in [4.78, 5) is 11.8. The zero-order chi connectivity index (χ0) is 15.9. The maximum absolute atomic E-state index is 11.8. The van der Waals surface area contributed by atoms with E-state index in [9.17, 15) is 4.79 Å². The van der Waals surface area contributed by atoms with E-state index in [1.165, 1.54) is 57.8 Å². The fourth-order valence-electron chi connectivity index (χ4n) is 2.58. The van der Waals surface area contributed by atoms with Crippen molar-refractivity contribution in [3.05, 3.63) is 0 Å². The van der Waals surface area contributed by atoms with Crippen LogP contribution in [0.2, 0.25) is 0 Å². The van der Waals surface area contributed by atoms with Gasteiger partial charge < -0.3 is 10.1 Å². The molecule has 1 atom stereocenters. The highest BCUT2D eigenvalue weighted by Gasteiger charge is 2.21. The highest BCUT2D eigenvalue weighted by molar-refractivity contribution is 5.76. The van der Waals surface area contributed by atoms with Gasteiger partial charge in [0.15, 0.2) is 0 Å². The Hall–Kier alpha value is -0.570. The van der Waals surface area contributed by atoms with E-state index in [1.807, 2.05) is 20.9 Å². The second-order valence-electron chi connectivity index (χ2n) is 6.36. The highest BCUT2D eigenvalue weighted by atomic mass is 16.5. The number of nitrogens with one attached hydrogen (secondary N) is 1. The molecule has 0 spiro atoms. The molecule has 0 fully saturated rings. The molecule has 0 saturated heterocycles. The molecule has 0 aliphatic rings. The number of carbonyl (C=O) groups excluding carboxylic acids is 1. The van der Waals surface area contributed by atoms with Crippen molar-refractivity contribution in [3.8, 4) is 0 Å². The molecule has 0 aromatic rings. The van der Waals surface area contributed by atoms with Crippen molar-refractivity contribution in [2.24, 2.45) is 5.92 Å². The molecular weight excluding hydrogens is 262 g/mol. The summed E-state index contributed by atoms with van der Waals surface area (Å²) in [5, 5.41) is 3.02. The number of hydrogen-bond donors (Lipinski definition) is 1. The first kappa shape index (κ1) is 20.4. The van der Waals surface area contributed by atoms with Crippen LogP contribution >= 0.6 is 0 Å². The van der Waals surface area contributed by atoms with E-state index in [-0.39, 0.29) is 17.9 Å². The Morgan fingerprint density at radius 2 is 1.38 bits per heavy atom. The number of rotatable bonds is 14. The van der Waals surface area contributed by atoms with Gasteiger partial charge in [0.25, 0.3) is 0 Å². The van der Waals surface area contributed by atoms with Gasteiger partial charge in [-0.15, -0.1) is 0 Å². The Labute approximate surface area is 132 Å². The molecule has 0 heterocycles. The second-order valence-corrected chi connectivity index (χ2v) is 6.36. The van der Waals surface area contributed by atoms with Crippen LogP contribution in [-0.2, 0) is 9.53 Å². The third-order valence-corrected chi connectivity index (χ3v) is 3.97. The van der Waals surface area contributed by atoms with E-state index in [0.29, 0.717) is 6.61 Å². The fraction of sp³-hybridized carbons (Fsp3) is 0.944. The van der Waals surface area contributed by atoms with E-state index < -0.39 is 0 Å². The van der Waals surface area contributed by atoms with Crippen LogP contribution in [0.4, 0.5) is 0 Å². The quantitative estimate of drug-likeness (QED) is 0.373. The number of unbranched alkanes of at least 4 members (excludes halogenated alkanes) is 9. The van der Waals surface area contributed by atoms with E-state index in [2.05, 4.69) is 12.2 Å².